The summed E-state index contributed by atoms with van der Waals surface area (Å²) >= 11 is 0. The second kappa shape index (κ2) is 9.62. The minimum absolute atomic E-state index is 0.0499. The Balaban J connectivity index is 1.49. The first-order valence-electron chi connectivity index (χ1n) is 10.6. The van der Waals surface area contributed by atoms with Crippen LogP contribution in [0.15, 0.2) is 60.8 Å². The fourth-order valence-electron chi connectivity index (χ4n) is 3.92. The molecule has 2 aromatic carbocycles. The number of benzene rings is 2. The molecule has 33 heavy (non-hydrogen) atoms. The van der Waals surface area contributed by atoms with Gasteiger partial charge < -0.3 is 15.2 Å². The molecule has 5 nitrogen and oxygen atoms in total. The predicted molar refractivity (Wildman–Crippen MR) is 117 cm³/mol. The van der Waals surface area contributed by atoms with E-state index in [-0.39, 0.29) is 18.2 Å². The molecule has 0 radical (unpaired) electrons. The van der Waals surface area contributed by atoms with Crippen molar-refractivity contribution in [3.63, 3.8) is 0 Å². The molecular weight excluding hydrogens is 433 g/mol. The quantitative estimate of drug-likeness (QED) is 0.556. The molecule has 2 N–H and O–H groups in total. The summed E-state index contributed by atoms with van der Waals surface area (Å²) in [6, 6.07) is 13.4. The van der Waals surface area contributed by atoms with Crippen LogP contribution in [0, 0.1) is 0 Å². The highest BCUT2D eigenvalue weighted by Crippen LogP contribution is 2.34. The summed E-state index contributed by atoms with van der Waals surface area (Å²) in [5.74, 6) is 0.254. The van der Waals surface area contributed by atoms with Crippen molar-refractivity contribution in [1.29, 1.82) is 0 Å². The Morgan fingerprint density at radius 1 is 1.09 bits per heavy atom. The van der Waals surface area contributed by atoms with E-state index in [1.807, 2.05) is 18.2 Å². The van der Waals surface area contributed by atoms with Gasteiger partial charge in [-0.05, 0) is 66.8 Å². The predicted octanol–water partition coefficient (Wildman–Crippen LogP) is 5.34. The number of hydrogen-bond acceptors (Lipinski definition) is 4. The van der Waals surface area contributed by atoms with Crippen LogP contribution in [-0.4, -0.2) is 22.6 Å². The third kappa shape index (κ3) is 5.34. The topological polar surface area (TPSA) is 71.5 Å². The number of aryl methyl sites for hydroxylation is 1. The van der Waals surface area contributed by atoms with E-state index in [0.29, 0.717) is 24.3 Å². The second-order valence-electron chi connectivity index (χ2n) is 7.95. The van der Waals surface area contributed by atoms with Crippen molar-refractivity contribution in [3.05, 3.63) is 88.7 Å². The van der Waals surface area contributed by atoms with Crippen LogP contribution in [-0.2, 0) is 19.2 Å². The van der Waals surface area contributed by atoms with Crippen molar-refractivity contribution in [2.75, 3.05) is 11.9 Å². The largest absolute Gasteiger partial charge is 0.492 e. The molecule has 3 aromatic rings. The van der Waals surface area contributed by atoms with Gasteiger partial charge in [0.15, 0.2) is 0 Å². The summed E-state index contributed by atoms with van der Waals surface area (Å²) in [5.41, 5.74) is 2.44. The number of halogens is 3. The van der Waals surface area contributed by atoms with Crippen molar-refractivity contribution in [3.8, 4) is 5.75 Å². The summed E-state index contributed by atoms with van der Waals surface area (Å²) in [6.07, 6.45) is -0.525. The van der Waals surface area contributed by atoms with Crippen LogP contribution >= 0.6 is 0 Å². The highest BCUT2D eigenvalue weighted by Gasteiger charge is 2.30. The average Bonchev–Trinajstić information content (AvgIpc) is 2.79. The first kappa shape index (κ1) is 22.8. The average molecular weight is 456 g/mol. The second-order valence-corrected chi connectivity index (χ2v) is 7.95. The number of aliphatic hydroxyl groups is 1. The monoisotopic (exact) mass is 456 g/mol. The van der Waals surface area contributed by atoms with Gasteiger partial charge in [0, 0.05) is 23.5 Å². The van der Waals surface area contributed by atoms with E-state index in [0.717, 1.165) is 41.8 Å². The molecule has 1 unspecified atom stereocenters. The van der Waals surface area contributed by atoms with E-state index in [9.17, 15) is 23.1 Å². The van der Waals surface area contributed by atoms with Gasteiger partial charge >= 0.3 is 6.18 Å². The molecule has 0 saturated carbocycles. The number of nitrogens with one attached hydrogen (secondary N) is 1. The van der Waals surface area contributed by atoms with Crippen LogP contribution in [0.25, 0.3) is 0 Å². The first-order valence-corrected chi connectivity index (χ1v) is 10.6. The number of para-hydroxylation sites is 1. The van der Waals surface area contributed by atoms with Crippen molar-refractivity contribution < 1.29 is 27.8 Å². The van der Waals surface area contributed by atoms with Crippen LogP contribution in [0.3, 0.4) is 0 Å². The summed E-state index contributed by atoms with van der Waals surface area (Å²) in [5, 5.41) is 11.9. The summed E-state index contributed by atoms with van der Waals surface area (Å²) in [6.45, 7) is 0.345. The van der Waals surface area contributed by atoms with Gasteiger partial charge in [0.1, 0.15) is 5.75 Å². The number of anilines is 1. The number of carbonyl (C=O) groups is 1. The van der Waals surface area contributed by atoms with Crippen LogP contribution in [0.1, 0.15) is 51.5 Å². The number of nitrogens with zero attached hydrogens (tertiary/aromatic N) is 1. The number of fused-ring (bicyclic) bond motifs is 1. The molecular formula is C25H23F3N2O3. The smallest absolute Gasteiger partial charge is 0.416 e. The molecule has 4 rings (SSSR count). The summed E-state index contributed by atoms with van der Waals surface area (Å²) in [4.78, 5) is 17.3. The van der Waals surface area contributed by atoms with E-state index in [4.69, 9.17) is 4.74 Å². The third-order valence-electron chi connectivity index (χ3n) is 5.73. The SMILES string of the molecule is O=C(Nc1ccc(C(F)(F)F)cc1)c1cccc2c1OCCC(c1ccc(CO)cn1)CC2. The summed E-state index contributed by atoms with van der Waals surface area (Å²) in [7, 11) is 0. The lowest BCUT2D eigenvalue weighted by molar-refractivity contribution is -0.137. The molecule has 0 aliphatic carbocycles. The Bertz CT molecular complexity index is 1110. The van der Waals surface area contributed by atoms with Gasteiger partial charge in [-0.1, -0.05) is 18.2 Å². The number of aromatic nitrogens is 1. The molecule has 8 heteroatoms. The fourth-order valence-corrected chi connectivity index (χ4v) is 3.92. The normalized spacial score (nSPS) is 16.2. The lowest BCUT2D eigenvalue weighted by atomic mass is 9.91. The van der Waals surface area contributed by atoms with Crippen molar-refractivity contribution in [2.24, 2.45) is 0 Å². The van der Waals surface area contributed by atoms with Gasteiger partial charge in [0.05, 0.1) is 24.3 Å². The Hall–Kier alpha value is -3.39. The lowest BCUT2D eigenvalue weighted by Crippen LogP contribution is -2.18. The molecule has 1 atom stereocenters. The van der Waals surface area contributed by atoms with Gasteiger partial charge in [0.2, 0.25) is 0 Å². The number of rotatable bonds is 4. The fraction of sp³-hybridized carbons (Fsp3) is 0.280. The maximum absolute atomic E-state index is 12.9. The van der Waals surface area contributed by atoms with E-state index in [1.54, 1.807) is 18.3 Å². The standard InChI is InChI=1S/C25H23F3N2O3/c26-25(27,28)19-7-9-20(10-8-19)30-24(32)21-3-1-2-18-6-5-17(12-13-33-23(18)21)22-11-4-16(15-31)14-29-22/h1-4,7-11,14,17,31H,5-6,12-13,15H2,(H,30,32). The molecule has 0 saturated heterocycles. The van der Waals surface area contributed by atoms with E-state index in [1.165, 1.54) is 12.1 Å². The number of pyridine rings is 1. The maximum Gasteiger partial charge on any atom is 0.416 e. The van der Waals surface area contributed by atoms with Crippen molar-refractivity contribution >= 4 is 11.6 Å². The Kier molecular flexibility index (Phi) is 6.65. The minimum atomic E-state index is -4.43. The number of aliphatic hydroxyl groups excluding tert-OH is 1. The molecule has 1 aliphatic rings. The zero-order chi connectivity index (χ0) is 23.4. The molecule has 0 fully saturated rings. The zero-order valence-electron chi connectivity index (χ0n) is 17.7. The molecule has 1 aliphatic heterocycles. The molecule has 0 bridgehead atoms. The lowest BCUT2D eigenvalue weighted by Gasteiger charge is -2.23. The number of hydrogen-bond donors (Lipinski definition) is 2. The van der Waals surface area contributed by atoms with Crippen LogP contribution in [0.4, 0.5) is 18.9 Å². The zero-order valence-corrected chi connectivity index (χ0v) is 17.7. The van der Waals surface area contributed by atoms with Crippen LogP contribution in [0.2, 0.25) is 0 Å². The first-order chi connectivity index (χ1) is 15.8. The number of alkyl halides is 3. The molecule has 0 spiro atoms. The maximum atomic E-state index is 12.9. The Labute approximate surface area is 189 Å². The van der Waals surface area contributed by atoms with E-state index >= 15 is 0 Å². The van der Waals surface area contributed by atoms with Gasteiger partial charge in [0.25, 0.3) is 5.91 Å². The van der Waals surface area contributed by atoms with Gasteiger partial charge in [-0.3, -0.25) is 9.78 Å². The molecule has 1 aromatic heterocycles. The molecule has 2 heterocycles. The van der Waals surface area contributed by atoms with Crippen LogP contribution in [0.5, 0.6) is 5.75 Å². The van der Waals surface area contributed by atoms with Crippen molar-refractivity contribution in [2.45, 2.75) is 38.0 Å². The third-order valence-corrected chi connectivity index (χ3v) is 5.73. The molecule has 172 valence electrons. The van der Waals surface area contributed by atoms with Gasteiger partial charge in [-0.15, -0.1) is 0 Å². The number of carbonyl (C=O) groups excluding carboxylic acids is 1. The van der Waals surface area contributed by atoms with Gasteiger partial charge in [-0.25, -0.2) is 0 Å². The Morgan fingerprint density at radius 2 is 1.88 bits per heavy atom. The van der Waals surface area contributed by atoms with Crippen molar-refractivity contribution in [1.82, 2.24) is 4.98 Å². The van der Waals surface area contributed by atoms with E-state index < -0.39 is 17.6 Å². The summed E-state index contributed by atoms with van der Waals surface area (Å²) < 4.78 is 44.3. The van der Waals surface area contributed by atoms with Gasteiger partial charge in [-0.2, -0.15) is 13.2 Å². The highest BCUT2D eigenvalue weighted by molar-refractivity contribution is 6.06. The van der Waals surface area contributed by atoms with E-state index in [2.05, 4.69) is 10.3 Å². The molecule has 1 amide bonds. The minimum Gasteiger partial charge on any atom is -0.492 e. The van der Waals surface area contributed by atoms with Crippen LogP contribution < -0.4 is 10.1 Å². The number of ether oxygens (including phenoxy) is 1. The Morgan fingerprint density at radius 3 is 2.55 bits per heavy atom. The highest BCUT2D eigenvalue weighted by atomic mass is 19.4. The number of amides is 1.